The van der Waals surface area contributed by atoms with E-state index in [4.69, 9.17) is 29.6 Å². The van der Waals surface area contributed by atoms with Crippen LogP contribution in [0.3, 0.4) is 0 Å². The lowest BCUT2D eigenvalue weighted by Crippen LogP contribution is -2.43. The second-order valence-electron chi connectivity index (χ2n) is 5.04. The standard InChI is InChI=1S/C14H18ClN3OS/c15-11-4-1-5-12(7-11)17-13(19)9-18-6-2-3-10(8-18)14(16)20/h1,4-5,7,10H,2-3,6,8-9H2,(H2,16,20)(H,17,19). The predicted molar refractivity (Wildman–Crippen MR) is 86.0 cm³/mol. The average molecular weight is 312 g/mol. The number of amides is 1. The normalized spacial score (nSPS) is 19.6. The van der Waals surface area contributed by atoms with Crippen LogP contribution in [-0.2, 0) is 4.79 Å². The molecular formula is C14H18ClN3OS. The molecule has 1 saturated heterocycles. The molecule has 1 heterocycles. The molecule has 1 unspecified atom stereocenters. The quantitative estimate of drug-likeness (QED) is 0.838. The first-order valence-electron chi connectivity index (χ1n) is 6.61. The third kappa shape index (κ3) is 4.44. The predicted octanol–water partition coefficient (Wildman–Crippen LogP) is 2.28. The summed E-state index contributed by atoms with van der Waals surface area (Å²) in [4.78, 5) is 14.6. The molecule has 2 rings (SSSR count). The third-order valence-corrected chi connectivity index (χ3v) is 3.95. The van der Waals surface area contributed by atoms with Crippen molar-refractivity contribution in [2.75, 3.05) is 25.0 Å². The molecule has 1 aromatic carbocycles. The van der Waals surface area contributed by atoms with E-state index in [-0.39, 0.29) is 11.8 Å². The molecule has 3 N–H and O–H groups in total. The largest absolute Gasteiger partial charge is 0.393 e. The van der Waals surface area contributed by atoms with E-state index in [2.05, 4.69) is 10.2 Å². The lowest BCUT2D eigenvalue weighted by molar-refractivity contribution is -0.117. The fourth-order valence-electron chi connectivity index (χ4n) is 2.40. The molecule has 0 aromatic heterocycles. The monoisotopic (exact) mass is 311 g/mol. The molecule has 0 spiro atoms. The van der Waals surface area contributed by atoms with Crippen molar-refractivity contribution in [1.82, 2.24) is 4.90 Å². The number of hydrogen-bond acceptors (Lipinski definition) is 3. The molecular weight excluding hydrogens is 294 g/mol. The molecule has 0 aliphatic carbocycles. The van der Waals surface area contributed by atoms with Gasteiger partial charge in [0.15, 0.2) is 0 Å². The van der Waals surface area contributed by atoms with Crippen LogP contribution in [0.25, 0.3) is 0 Å². The fourth-order valence-corrected chi connectivity index (χ4v) is 2.78. The van der Waals surface area contributed by atoms with E-state index in [1.54, 1.807) is 12.1 Å². The molecule has 1 aromatic rings. The number of benzene rings is 1. The van der Waals surface area contributed by atoms with Crippen LogP contribution in [0.5, 0.6) is 0 Å². The Bertz CT molecular complexity index is 509. The van der Waals surface area contributed by atoms with Crippen molar-refractivity contribution in [2.45, 2.75) is 12.8 Å². The summed E-state index contributed by atoms with van der Waals surface area (Å²) >= 11 is 10.9. The molecule has 0 bridgehead atoms. The van der Waals surface area contributed by atoms with Gasteiger partial charge in [0.2, 0.25) is 5.91 Å². The lowest BCUT2D eigenvalue weighted by atomic mass is 9.98. The summed E-state index contributed by atoms with van der Waals surface area (Å²) in [5, 5.41) is 3.45. The van der Waals surface area contributed by atoms with Gasteiger partial charge in [-0.05, 0) is 37.6 Å². The number of thiocarbonyl (C=S) groups is 1. The zero-order chi connectivity index (χ0) is 14.5. The highest BCUT2D eigenvalue weighted by Crippen LogP contribution is 2.17. The first-order chi connectivity index (χ1) is 9.54. The minimum absolute atomic E-state index is 0.0455. The van der Waals surface area contributed by atoms with Crippen molar-refractivity contribution < 1.29 is 4.79 Å². The summed E-state index contributed by atoms with van der Waals surface area (Å²) in [6.07, 6.45) is 2.04. The first kappa shape index (κ1) is 15.2. The maximum Gasteiger partial charge on any atom is 0.238 e. The number of nitrogens with zero attached hydrogens (tertiary/aromatic N) is 1. The summed E-state index contributed by atoms with van der Waals surface area (Å²) < 4.78 is 0. The Morgan fingerprint density at radius 2 is 2.35 bits per heavy atom. The number of likely N-dealkylation sites (tertiary alicyclic amines) is 1. The van der Waals surface area contributed by atoms with Crippen molar-refractivity contribution in [3.8, 4) is 0 Å². The molecule has 1 fully saturated rings. The smallest absolute Gasteiger partial charge is 0.238 e. The number of hydrogen-bond donors (Lipinski definition) is 2. The van der Waals surface area contributed by atoms with E-state index in [1.807, 2.05) is 12.1 Å². The van der Waals surface area contributed by atoms with E-state index in [1.165, 1.54) is 0 Å². The van der Waals surface area contributed by atoms with Crippen molar-refractivity contribution in [3.63, 3.8) is 0 Å². The van der Waals surface area contributed by atoms with Crippen LogP contribution in [-0.4, -0.2) is 35.4 Å². The maximum absolute atomic E-state index is 12.0. The molecule has 6 heteroatoms. The van der Waals surface area contributed by atoms with Gasteiger partial charge in [-0.3, -0.25) is 9.69 Å². The maximum atomic E-state index is 12.0. The summed E-state index contributed by atoms with van der Waals surface area (Å²) in [5.41, 5.74) is 6.40. The number of nitrogens with two attached hydrogens (primary N) is 1. The average Bonchev–Trinajstić information content (AvgIpc) is 2.38. The van der Waals surface area contributed by atoms with Crippen LogP contribution in [0.2, 0.25) is 5.02 Å². The molecule has 1 amide bonds. The minimum Gasteiger partial charge on any atom is -0.393 e. The topological polar surface area (TPSA) is 58.4 Å². The van der Waals surface area contributed by atoms with Crippen molar-refractivity contribution in [3.05, 3.63) is 29.3 Å². The van der Waals surface area contributed by atoms with Crippen LogP contribution in [0.1, 0.15) is 12.8 Å². The van der Waals surface area contributed by atoms with Gasteiger partial charge in [-0.15, -0.1) is 0 Å². The number of carbonyl (C=O) groups is 1. The van der Waals surface area contributed by atoms with Gasteiger partial charge in [0.1, 0.15) is 0 Å². The SMILES string of the molecule is NC(=S)C1CCCN(CC(=O)Nc2cccc(Cl)c2)C1. The summed E-state index contributed by atoms with van der Waals surface area (Å²) in [5.74, 6) is 0.175. The molecule has 1 aliphatic heterocycles. The Balaban J connectivity index is 1.86. The van der Waals surface area contributed by atoms with E-state index < -0.39 is 0 Å². The summed E-state index contributed by atoms with van der Waals surface area (Å²) in [6, 6.07) is 7.13. The van der Waals surface area contributed by atoms with Crippen molar-refractivity contribution in [2.24, 2.45) is 11.7 Å². The van der Waals surface area contributed by atoms with Gasteiger partial charge in [0, 0.05) is 23.2 Å². The molecule has 4 nitrogen and oxygen atoms in total. The van der Waals surface area contributed by atoms with Gasteiger partial charge >= 0.3 is 0 Å². The highest BCUT2D eigenvalue weighted by molar-refractivity contribution is 7.80. The van der Waals surface area contributed by atoms with Crippen molar-refractivity contribution in [1.29, 1.82) is 0 Å². The number of anilines is 1. The van der Waals surface area contributed by atoms with Crippen LogP contribution in [0.15, 0.2) is 24.3 Å². The second kappa shape index (κ2) is 7.02. The van der Waals surface area contributed by atoms with Gasteiger partial charge in [-0.1, -0.05) is 29.9 Å². The Kier molecular flexibility index (Phi) is 5.34. The Hall–Kier alpha value is -1.17. The third-order valence-electron chi connectivity index (χ3n) is 3.38. The van der Waals surface area contributed by atoms with Gasteiger partial charge in [0.05, 0.1) is 11.5 Å². The van der Waals surface area contributed by atoms with Crippen molar-refractivity contribution >= 4 is 40.4 Å². The Morgan fingerprint density at radius 1 is 1.55 bits per heavy atom. The van der Waals surface area contributed by atoms with E-state index in [9.17, 15) is 4.79 Å². The lowest BCUT2D eigenvalue weighted by Gasteiger charge is -2.31. The number of halogens is 1. The zero-order valence-corrected chi connectivity index (χ0v) is 12.7. The minimum atomic E-state index is -0.0455. The van der Waals surface area contributed by atoms with Crippen LogP contribution >= 0.6 is 23.8 Å². The van der Waals surface area contributed by atoms with E-state index in [0.29, 0.717) is 22.2 Å². The summed E-state index contributed by atoms with van der Waals surface area (Å²) in [6.45, 7) is 2.02. The zero-order valence-electron chi connectivity index (χ0n) is 11.1. The van der Waals surface area contributed by atoms with Gasteiger partial charge < -0.3 is 11.1 Å². The molecule has 0 saturated carbocycles. The van der Waals surface area contributed by atoms with Crippen LogP contribution in [0.4, 0.5) is 5.69 Å². The van der Waals surface area contributed by atoms with Crippen LogP contribution < -0.4 is 11.1 Å². The number of carbonyl (C=O) groups excluding carboxylic acids is 1. The number of rotatable bonds is 4. The van der Waals surface area contributed by atoms with E-state index in [0.717, 1.165) is 25.9 Å². The second-order valence-corrected chi connectivity index (χ2v) is 5.94. The van der Waals surface area contributed by atoms with Gasteiger partial charge in [-0.25, -0.2) is 0 Å². The molecule has 1 aliphatic rings. The van der Waals surface area contributed by atoms with Gasteiger partial charge in [0.25, 0.3) is 0 Å². The Labute approximate surface area is 129 Å². The van der Waals surface area contributed by atoms with E-state index >= 15 is 0 Å². The molecule has 1 atom stereocenters. The highest BCUT2D eigenvalue weighted by Gasteiger charge is 2.23. The van der Waals surface area contributed by atoms with Crippen LogP contribution in [0, 0.1) is 5.92 Å². The molecule has 108 valence electrons. The summed E-state index contributed by atoms with van der Waals surface area (Å²) in [7, 11) is 0. The number of nitrogens with one attached hydrogen (secondary N) is 1. The van der Waals surface area contributed by atoms with Gasteiger partial charge in [-0.2, -0.15) is 0 Å². The first-order valence-corrected chi connectivity index (χ1v) is 7.40. The fraction of sp³-hybridized carbons (Fsp3) is 0.429. The molecule has 0 radical (unpaired) electrons. The number of piperidine rings is 1. The Morgan fingerprint density at radius 3 is 3.05 bits per heavy atom. The molecule has 20 heavy (non-hydrogen) atoms. The highest BCUT2D eigenvalue weighted by atomic mass is 35.5.